The molecular formula is C25H36N4O2Si. The summed E-state index contributed by atoms with van der Waals surface area (Å²) in [5.41, 5.74) is 6.46. The first-order chi connectivity index (χ1) is 15.0. The molecule has 0 amide bonds. The van der Waals surface area contributed by atoms with Crippen molar-refractivity contribution in [3.63, 3.8) is 0 Å². The molecule has 7 heteroatoms. The van der Waals surface area contributed by atoms with Crippen LogP contribution in [0.4, 0.5) is 0 Å². The van der Waals surface area contributed by atoms with Gasteiger partial charge < -0.3 is 9.53 Å². The third kappa shape index (κ3) is 4.51. The van der Waals surface area contributed by atoms with Gasteiger partial charge in [-0.15, -0.1) is 5.10 Å². The maximum absolute atomic E-state index is 11.2. The Morgan fingerprint density at radius 1 is 1.22 bits per heavy atom. The number of fused-ring (bicyclic) bond motifs is 1. The van der Waals surface area contributed by atoms with Crippen molar-refractivity contribution in [3.05, 3.63) is 52.3 Å². The van der Waals surface area contributed by atoms with Gasteiger partial charge in [-0.3, -0.25) is 4.98 Å². The maximum atomic E-state index is 11.2. The molecule has 1 unspecified atom stereocenters. The van der Waals surface area contributed by atoms with Crippen LogP contribution >= 0.6 is 0 Å². The molecule has 1 aliphatic carbocycles. The Morgan fingerprint density at radius 2 is 1.94 bits per heavy atom. The number of benzene rings is 1. The Labute approximate surface area is 192 Å². The van der Waals surface area contributed by atoms with Gasteiger partial charge in [-0.2, -0.15) is 0 Å². The Balaban J connectivity index is 1.59. The number of rotatable bonds is 7. The van der Waals surface area contributed by atoms with Crippen LogP contribution in [0.25, 0.3) is 11.0 Å². The van der Waals surface area contributed by atoms with Crippen molar-refractivity contribution in [2.24, 2.45) is 5.92 Å². The number of aryl methyl sites for hydroxylation is 2. The van der Waals surface area contributed by atoms with Gasteiger partial charge in [0.15, 0.2) is 8.32 Å². The Kier molecular flexibility index (Phi) is 6.03. The standard InChI is InChI=1S/C25H36N4O2Si/c1-16-21(10-11-22-23(16)27-28-29(22)14-18-8-9-18)24(30)19-12-20(17(2)26-13-19)15-31-32(6,7)25(3,4)5/h10-13,18,24,30H,8-9,14-15H2,1-7H3. The lowest BCUT2D eigenvalue weighted by molar-refractivity contribution is 0.218. The summed E-state index contributed by atoms with van der Waals surface area (Å²) in [5.74, 6) is 0.732. The van der Waals surface area contributed by atoms with Gasteiger partial charge in [0.2, 0.25) is 0 Å². The van der Waals surface area contributed by atoms with Crippen molar-refractivity contribution in [1.29, 1.82) is 0 Å². The first-order valence-corrected chi connectivity index (χ1v) is 14.5. The SMILES string of the molecule is Cc1ncc(C(O)c2ccc3c(nnn3CC3CC3)c2C)cc1CO[Si](C)(C)C(C)(C)C. The van der Waals surface area contributed by atoms with E-state index in [1.54, 1.807) is 6.20 Å². The first-order valence-electron chi connectivity index (χ1n) is 11.6. The van der Waals surface area contributed by atoms with E-state index in [2.05, 4.69) is 49.2 Å². The van der Waals surface area contributed by atoms with E-state index >= 15 is 0 Å². The number of pyridine rings is 1. The first kappa shape index (κ1) is 23.1. The lowest BCUT2D eigenvalue weighted by Crippen LogP contribution is -2.40. The van der Waals surface area contributed by atoms with Crippen LogP contribution in [-0.4, -0.2) is 33.4 Å². The lowest BCUT2D eigenvalue weighted by Gasteiger charge is -2.36. The summed E-state index contributed by atoms with van der Waals surface area (Å²) in [4.78, 5) is 4.57. The van der Waals surface area contributed by atoms with Crippen LogP contribution in [0.1, 0.15) is 67.7 Å². The Hall–Kier alpha value is -2.09. The molecule has 2 aromatic heterocycles. The summed E-state index contributed by atoms with van der Waals surface area (Å²) in [6, 6.07) is 6.07. The third-order valence-corrected chi connectivity index (χ3v) is 11.8. The molecule has 2 heterocycles. The molecule has 0 saturated heterocycles. The Morgan fingerprint density at radius 3 is 2.59 bits per heavy atom. The topological polar surface area (TPSA) is 73.1 Å². The summed E-state index contributed by atoms with van der Waals surface area (Å²) >= 11 is 0. The van der Waals surface area contributed by atoms with Crippen LogP contribution in [0.15, 0.2) is 24.4 Å². The quantitative estimate of drug-likeness (QED) is 0.482. The fourth-order valence-electron chi connectivity index (χ4n) is 3.71. The van der Waals surface area contributed by atoms with E-state index in [4.69, 9.17) is 4.43 Å². The fourth-order valence-corrected chi connectivity index (χ4v) is 4.66. The monoisotopic (exact) mass is 452 g/mol. The second-order valence-corrected chi connectivity index (χ2v) is 15.6. The van der Waals surface area contributed by atoms with Crippen LogP contribution < -0.4 is 0 Å². The Bertz CT molecular complexity index is 1130. The summed E-state index contributed by atoms with van der Waals surface area (Å²) in [6.45, 7) is 16.7. The minimum atomic E-state index is -1.87. The van der Waals surface area contributed by atoms with Gasteiger partial charge in [0.25, 0.3) is 0 Å². The molecule has 0 aliphatic heterocycles. The zero-order chi connectivity index (χ0) is 23.3. The number of aliphatic hydroxyl groups excluding tert-OH is 1. The van der Waals surface area contributed by atoms with Crippen LogP contribution in [0.3, 0.4) is 0 Å². The van der Waals surface area contributed by atoms with Crippen LogP contribution in [-0.2, 0) is 17.6 Å². The van der Waals surface area contributed by atoms with E-state index in [9.17, 15) is 5.11 Å². The molecule has 32 heavy (non-hydrogen) atoms. The van der Waals surface area contributed by atoms with Gasteiger partial charge in [-0.1, -0.05) is 32.1 Å². The minimum Gasteiger partial charge on any atom is -0.412 e. The maximum Gasteiger partial charge on any atom is 0.192 e. The van der Waals surface area contributed by atoms with Crippen molar-refractivity contribution in [3.8, 4) is 0 Å². The fraction of sp³-hybridized carbons (Fsp3) is 0.560. The molecule has 1 fully saturated rings. The molecule has 6 nitrogen and oxygen atoms in total. The van der Waals surface area contributed by atoms with Crippen molar-refractivity contribution in [2.45, 2.75) is 84.8 Å². The average Bonchev–Trinajstić information content (AvgIpc) is 3.44. The van der Waals surface area contributed by atoms with Crippen molar-refractivity contribution >= 4 is 19.4 Å². The molecule has 3 aromatic rings. The number of nitrogens with zero attached hydrogens (tertiary/aromatic N) is 4. The van der Waals surface area contributed by atoms with Gasteiger partial charge >= 0.3 is 0 Å². The van der Waals surface area contributed by atoms with Crippen LogP contribution in [0.5, 0.6) is 0 Å². The summed E-state index contributed by atoms with van der Waals surface area (Å²) in [5, 5.41) is 20.2. The van der Waals surface area contributed by atoms with Gasteiger partial charge in [0.05, 0.1) is 12.1 Å². The smallest absolute Gasteiger partial charge is 0.192 e. The van der Waals surface area contributed by atoms with E-state index in [1.807, 2.05) is 36.7 Å². The minimum absolute atomic E-state index is 0.148. The summed E-state index contributed by atoms with van der Waals surface area (Å²) in [7, 11) is -1.87. The van der Waals surface area contributed by atoms with Crippen molar-refractivity contribution in [1.82, 2.24) is 20.0 Å². The largest absolute Gasteiger partial charge is 0.412 e. The van der Waals surface area contributed by atoms with E-state index in [-0.39, 0.29) is 5.04 Å². The molecule has 1 saturated carbocycles. The van der Waals surface area contributed by atoms with E-state index < -0.39 is 14.4 Å². The van der Waals surface area contributed by atoms with Gasteiger partial charge in [-0.25, -0.2) is 4.68 Å². The van der Waals surface area contributed by atoms with Gasteiger partial charge in [0, 0.05) is 24.0 Å². The highest BCUT2D eigenvalue weighted by molar-refractivity contribution is 6.74. The molecule has 0 spiro atoms. The molecule has 1 N–H and O–H groups in total. The van der Waals surface area contributed by atoms with Crippen LogP contribution in [0.2, 0.25) is 18.1 Å². The van der Waals surface area contributed by atoms with Crippen molar-refractivity contribution < 1.29 is 9.53 Å². The van der Waals surface area contributed by atoms with Gasteiger partial charge in [0.1, 0.15) is 11.6 Å². The van der Waals surface area contributed by atoms with Gasteiger partial charge in [-0.05, 0) is 79.6 Å². The van der Waals surface area contributed by atoms with E-state index in [1.165, 1.54) is 12.8 Å². The molecular weight excluding hydrogens is 416 g/mol. The third-order valence-electron chi connectivity index (χ3n) is 7.33. The van der Waals surface area contributed by atoms with E-state index in [0.29, 0.717) is 6.61 Å². The summed E-state index contributed by atoms with van der Waals surface area (Å²) < 4.78 is 8.42. The van der Waals surface area contributed by atoms with Crippen molar-refractivity contribution in [2.75, 3.05) is 0 Å². The lowest BCUT2D eigenvalue weighted by atomic mass is 9.96. The van der Waals surface area contributed by atoms with Crippen LogP contribution in [0, 0.1) is 19.8 Å². The number of hydrogen-bond donors (Lipinski definition) is 1. The zero-order valence-corrected chi connectivity index (χ0v) is 21.4. The molecule has 1 aliphatic rings. The number of aliphatic hydroxyl groups is 1. The number of aromatic nitrogens is 4. The number of hydrogen-bond acceptors (Lipinski definition) is 5. The highest BCUT2D eigenvalue weighted by atomic mass is 28.4. The second kappa shape index (κ2) is 8.36. The molecule has 0 bridgehead atoms. The second-order valence-electron chi connectivity index (χ2n) is 10.8. The van der Waals surface area contributed by atoms with E-state index in [0.717, 1.165) is 51.4 Å². The highest BCUT2D eigenvalue weighted by Crippen LogP contribution is 2.37. The molecule has 1 aromatic carbocycles. The predicted octanol–water partition coefficient (Wildman–Crippen LogP) is 5.46. The summed E-state index contributed by atoms with van der Waals surface area (Å²) in [6.07, 6.45) is 3.55. The molecule has 0 radical (unpaired) electrons. The molecule has 4 rings (SSSR count). The zero-order valence-electron chi connectivity index (χ0n) is 20.4. The normalized spacial score (nSPS) is 16.0. The predicted molar refractivity (Wildman–Crippen MR) is 130 cm³/mol. The molecule has 1 atom stereocenters. The molecule has 172 valence electrons. The average molecular weight is 453 g/mol. The highest BCUT2D eigenvalue weighted by Gasteiger charge is 2.37.